The molecule has 3 aromatic heterocycles. The minimum Gasteiger partial charge on any atom is -0.444 e. The van der Waals surface area contributed by atoms with Crippen LogP contribution in [-0.4, -0.2) is 68.9 Å². The average Bonchev–Trinajstić information content (AvgIpc) is 3.55. The van der Waals surface area contributed by atoms with E-state index in [-0.39, 0.29) is 11.9 Å². The number of ether oxygens (including phenoxy) is 1. The minimum absolute atomic E-state index is 0.300. The molecule has 4 aromatic rings. The van der Waals surface area contributed by atoms with Gasteiger partial charge in [-0.3, -0.25) is 0 Å². The van der Waals surface area contributed by atoms with Crippen LogP contribution < -0.4 is 9.80 Å². The number of benzene rings is 1. The van der Waals surface area contributed by atoms with E-state index in [0.29, 0.717) is 66.1 Å². The van der Waals surface area contributed by atoms with Gasteiger partial charge >= 0.3 is 6.09 Å². The maximum Gasteiger partial charge on any atom is 0.410 e. The molecule has 0 aliphatic carbocycles. The second-order valence-electron chi connectivity index (χ2n) is 11.1. The molecule has 1 fully saturated rings. The summed E-state index contributed by atoms with van der Waals surface area (Å²) >= 11 is 1.30. The number of thiazole rings is 1. The molecular formula is C30H35FN8O2S. The van der Waals surface area contributed by atoms with Crippen molar-refractivity contribution in [1.82, 2.24) is 24.5 Å². The van der Waals surface area contributed by atoms with E-state index in [1.807, 2.05) is 45.2 Å². The Morgan fingerprint density at radius 1 is 1.14 bits per heavy atom. The highest BCUT2D eigenvalue weighted by atomic mass is 32.1. The Kier molecular flexibility index (Phi) is 8.06. The van der Waals surface area contributed by atoms with Crippen LogP contribution in [0.5, 0.6) is 0 Å². The second-order valence-corrected chi connectivity index (χ2v) is 12.1. The maximum atomic E-state index is 13.6. The third-order valence-corrected chi connectivity index (χ3v) is 8.02. The first-order valence-electron chi connectivity index (χ1n) is 14.1. The fourth-order valence-electron chi connectivity index (χ4n) is 4.99. The number of halogens is 1. The molecule has 1 amide bonds. The van der Waals surface area contributed by atoms with Crippen molar-refractivity contribution < 1.29 is 13.9 Å². The number of aryl methyl sites for hydroxylation is 2. The number of carbonyl (C=O) groups excluding carboxylic acids is 1. The molecule has 5 rings (SSSR count). The van der Waals surface area contributed by atoms with Crippen LogP contribution in [0, 0.1) is 24.1 Å². The van der Waals surface area contributed by atoms with Crippen molar-refractivity contribution >= 4 is 39.7 Å². The Hall–Kier alpha value is -4.24. The third kappa shape index (κ3) is 5.74. The molecule has 220 valence electrons. The van der Waals surface area contributed by atoms with Crippen molar-refractivity contribution in [2.45, 2.75) is 53.6 Å². The summed E-state index contributed by atoms with van der Waals surface area (Å²) < 4.78 is 21.0. The lowest BCUT2D eigenvalue weighted by Gasteiger charge is -2.36. The fraction of sp³-hybridized carbons (Fsp3) is 0.433. The van der Waals surface area contributed by atoms with Gasteiger partial charge in [-0.2, -0.15) is 10.4 Å². The monoisotopic (exact) mass is 590 g/mol. The Bertz CT molecular complexity index is 1640. The molecule has 0 bridgehead atoms. The van der Waals surface area contributed by atoms with Crippen LogP contribution in [0.4, 0.5) is 25.8 Å². The summed E-state index contributed by atoms with van der Waals surface area (Å²) in [6.07, 6.45) is 0.381. The fourth-order valence-corrected chi connectivity index (χ4v) is 5.95. The Morgan fingerprint density at radius 2 is 1.83 bits per heavy atom. The molecule has 1 saturated heterocycles. The van der Waals surface area contributed by atoms with Gasteiger partial charge in [0.1, 0.15) is 39.6 Å². The van der Waals surface area contributed by atoms with E-state index in [0.717, 1.165) is 22.9 Å². The summed E-state index contributed by atoms with van der Waals surface area (Å²) in [5.41, 5.74) is 4.03. The number of anilines is 3. The van der Waals surface area contributed by atoms with Crippen LogP contribution in [0.1, 0.15) is 50.9 Å². The summed E-state index contributed by atoms with van der Waals surface area (Å²) in [6, 6.07) is 10.3. The predicted octanol–water partition coefficient (Wildman–Crippen LogP) is 5.95. The standard InChI is InChI=1S/C30H35FN8O2S/c1-7-22-26(38(8-2)28-34-25(23(18-32)42-28)20-9-11-21(31)12-10-20)27-33-24(17-19(3)39(27)35-22)36-13-15-37(16-14-36)29(40)41-30(4,5)6/h9-12,17H,7-8,13-16H2,1-6H3. The van der Waals surface area contributed by atoms with E-state index in [1.165, 1.54) is 23.5 Å². The normalized spacial score (nSPS) is 13.9. The molecule has 0 atom stereocenters. The van der Waals surface area contributed by atoms with Crippen LogP contribution in [0.25, 0.3) is 16.9 Å². The minimum atomic E-state index is -0.538. The first-order chi connectivity index (χ1) is 20.0. The van der Waals surface area contributed by atoms with Crippen LogP contribution in [-0.2, 0) is 11.2 Å². The second kappa shape index (κ2) is 11.6. The molecule has 1 aromatic carbocycles. The number of rotatable bonds is 6. The summed E-state index contributed by atoms with van der Waals surface area (Å²) in [4.78, 5) is 28.9. The SMILES string of the molecule is CCc1nn2c(C)cc(N3CCN(C(=O)OC(C)(C)C)CC3)nc2c1N(CC)c1nc(-c2ccc(F)cc2)c(C#N)s1. The van der Waals surface area contributed by atoms with Gasteiger partial charge in [-0.25, -0.2) is 23.7 Å². The molecule has 0 N–H and O–H groups in total. The van der Waals surface area contributed by atoms with Crippen LogP contribution in [0.15, 0.2) is 30.3 Å². The summed E-state index contributed by atoms with van der Waals surface area (Å²) in [5, 5.41) is 15.4. The van der Waals surface area contributed by atoms with E-state index in [4.69, 9.17) is 19.8 Å². The van der Waals surface area contributed by atoms with Crippen molar-refractivity contribution in [1.29, 1.82) is 5.26 Å². The van der Waals surface area contributed by atoms with Gasteiger partial charge in [0.2, 0.25) is 0 Å². The lowest BCUT2D eigenvalue weighted by atomic mass is 10.1. The number of fused-ring (bicyclic) bond motifs is 1. The molecule has 0 saturated carbocycles. The highest BCUT2D eigenvalue weighted by Crippen LogP contribution is 2.39. The van der Waals surface area contributed by atoms with Crippen molar-refractivity contribution in [3.8, 4) is 17.3 Å². The van der Waals surface area contributed by atoms with Gasteiger partial charge in [-0.1, -0.05) is 18.3 Å². The number of carbonyl (C=O) groups is 1. The number of hydrogen-bond donors (Lipinski definition) is 0. The van der Waals surface area contributed by atoms with Crippen molar-refractivity contribution in [2.75, 3.05) is 42.5 Å². The van der Waals surface area contributed by atoms with Gasteiger partial charge in [-0.05, 0) is 65.3 Å². The molecule has 1 aliphatic heterocycles. The number of amides is 1. The smallest absolute Gasteiger partial charge is 0.410 e. The van der Waals surface area contributed by atoms with Crippen molar-refractivity contribution in [3.63, 3.8) is 0 Å². The van der Waals surface area contributed by atoms with Gasteiger partial charge in [0, 0.05) is 50.0 Å². The number of nitriles is 1. The summed E-state index contributed by atoms with van der Waals surface area (Å²) in [6.45, 7) is 14.6. The molecular weight excluding hydrogens is 555 g/mol. The first-order valence-corrected chi connectivity index (χ1v) is 14.9. The van der Waals surface area contributed by atoms with E-state index in [1.54, 1.807) is 17.0 Å². The Balaban J connectivity index is 1.50. The highest BCUT2D eigenvalue weighted by Gasteiger charge is 2.29. The summed E-state index contributed by atoms with van der Waals surface area (Å²) in [7, 11) is 0. The number of hydrogen-bond acceptors (Lipinski definition) is 9. The van der Waals surface area contributed by atoms with Gasteiger partial charge in [0.05, 0.1) is 5.69 Å². The molecule has 42 heavy (non-hydrogen) atoms. The number of aromatic nitrogens is 4. The number of piperazine rings is 1. The topological polar surface area (TPSA) is 103 Å². The molecule has 0 unspecified atom stereocenters. The van der Waals surface area contributed by atoms with E-state index in [2.05, 4.69) is 22.8 Å². The molecule has 4 heterocycles. The predicted molar refractivity (Wildman–Crippen MR) is 162 cm³/mol. The highest BCUT2D eigenvalue weighted by molar-refractivity contribution is 7.16. The zero-order valence-corrected chi connectivity index (χ0v) is 25.6. The first kappa shape index (κ1) is 29.3. The molecule has 0 radical (unpaired) electrons. The van der Waals surface area contributed by atoms with E-state index in [9.17, 15) is 14.4 Å². The van der Waals surface area contributed by atoms with Crippen molar-refractivity contribution in [3.05, 3.63) is 52.4 Å². The number of nitrogens with zero attached hydrogens (tertiary/aromatic N) is 8. The van der Waals surface area contributed by atoms with Crippen LogP contribution in [0.3, 0.4) is 0 Å². The van der Waals surface area contributed by atoms with Gasteiger partial charge in [0.15, 0.2) is 10.8 Å². The van der Waals surface area contributed by atoms with Gasteiger partial charge < -0.3 is 19.4 Å². The summed E-state index contributed by atoms with van der Waals surface area (Å²) in [5.74, 6) is 0.470. The van der Waals surface area contributed by atoms with E-state index >= 15 is 0 Å². The quantitative estimate of drug-likeness (QED) is 0.272. The third-order valence-electron chi connectivity index (χ3n) is 7.04. The van der Waals surface area contributed by atoms with Gasteiger partial charge in [0.25, 0.3) is 0 Å². The average molecular weight is 591 g/mol. The van der Waals surface area contributed by atoms with Crippen molar-refractivity contribution in [2.24, 2.45) is 0 Å². The molecule has 10 nitrogen and oxygen atoms in total. The molecule has 0 spiro atoms. The maximum absolute atomic E-state index is 13.6. The Morgan fingerprint density at radius 3 is 2.43 bits per heavy atom. The largest absolute Gasteiger partial charge is 0.444 e. The molecule has 12 heteroatoms. The molecule has 1 aliphatic rings. The lowest BCUT2D eigenvalue weighted by Crippen LogP contribution is -2.50. The zero-order valence-electron chi connectivity index (χ0n) is 24.8. The zero-order chi connectivity index (χ0) is 30.2. The Labute approximate surface area is 249 Å². The van der Waals surface area contributed by atoms with Gasteiger partial charge in [-0.15, -0.1) is 0 Å². The lowest BCUT2D eigenvalue weighted by molar-refractivity contribution is 0.0240. The van der Waals surface area contributed by atoms with E-state index < -0.39 is 5.60 Å². The van der Waals surface area contributed by atoms with Crippen LogP contribution in [0.2, 0.25) is 0 Å². The van der Waals surface area contributed by atoms with Crippen LogP contribution >= 0.6 is 11.3 Å².